The molecule has 3 aromatic rings. The highest BCUT2D eigenvalue weighted by Gasteiger charge is 2.33. The quantitative estimate of drug-likeness (QED) is 0.537. The molecule has 0 bridgehead atoms. The van der Waals surface area contributed by atoms with Gasteiger partial charge >= 0.3 is 5.97 Å². The molecule has 174 valence electrons. The van der Waals surface area contributed by atoms with E-state index >= 15 is 0 Å². The number of piperazine rings is 1. The Morgan fingerprint density at radius 2 is 1.79 bits per heavy atom. The Morgan fingerprint density at radius 1 is 1.06 bits per heavy atom. The summed E-state index contributed by atoms with van der Waals surface area (Å²) < 4.78 is 7.08. The van der Waals surface area contributed by atoms with Gasteiger partial charge in [-0.25, -0.2) is 14.7 Å². The van der Waals surface area contributed by atoms with E-state index in [2.05, 4.69) is 15.0 Å². The van der Waals surface area contributed by atoms with Crippen LogP contribution in [-0.2, 0) is 9.53 Å². The van der Waals surface area contributed by atoms with E-state index in [0.717, 1.165) is 18.7 Å². The third-order valence-electron chi connectivity index (χ3n) is 5.85. The van der Waals surface area contributed by atoms with Gasteiger partial charge in [0.15, 0.2) is 5.82 Å². The number of aromatic nitrogens is 3. The Morgan fingerprint density at radius 3 is 2.50 bits per heavy atom. The van der Waals surface area contributed by atoms with Crippen molar-refractivity contribution >= 4 is 29.2 Å². The van der Waals surface area contributed by atoms with E-state index in [0.29, 0.717) is 35.1 Å². The topological polar surface area (TPSA) is 92.9 Å². The molecule has 0 radical (unpaired) electrons. The highest BCUT2D eigenvalue weighted by Crippen LogP contribution is 2.32. The predicted octanol–water partition coefficient (Wildman–Crippen LogP) is 2.72. The molecule has 9 nitrogen and oxygen atoms in total. The van der Waals surface area contributed by atoms with E-state index in [9.17, 15) is 9.59 Å². The van der Waals surface area contributed by atoms with Gasteiger partial charge in [-0.2, -0.15) is 0 Å². The fourth-order valence-corrected chi connectivity index (χ4v) is 4.26. The smallest absolute Gasteiger partial charge is 0.304 e. The largest absolute Gasteiger partial charge is 0.432 e. The van der Waals surface area contributed by atoms with Gasteiger partial charge in [0.1, 0.15) is 0 Å². The zero-order valence-electron chi connectivity index (χ0n) is 18.8. The van der Waals surface area contributed by atoms with Crippen molar-refractivity contribution in [2.24, 2.45) is 4.99 Å². The first-order valence-electron chi connectivity index (χ1n) is 11.0. The number of ether oxygens (including phenoxy) is 1. The van der Waals surface area contributed by atoms with Gasteiger partial charge in [0.25, 0.3) is 12.1 Å². The summed E-state index contributed by atoms with van der Waals surface area (Å²) in [4.78, 5) is 38.3. The summed E-state index contributed by atoms with van der Waals surface area (Å²) >= 11 is 6.35. The molecule has 1 fully saturated rings. The molecule has 1 unspecified atom stereocenters. The third-order valence-corrected chi connectivity index (χ3v) is 6.08. The lowest BCUT2D eigenvalue weighted by molar-refractivity contribution is -0.146. The molecular weight excluding hydrogens is 456 g/mol. The van der Waals surface area contributed by atoms with Gasteiger partial charge < -0.3 is 14.5 Å². The molecule has 3 heterocycles. The normalized spacial score (nSPS) is 17.9. The first-order chi connectivity index (χ1) is 16.4. The van der Waals surface area contributed by atoms with Crippen LogP contribution in [0.2, 0.25) is 5.02 Å². The van der Waals surface area contributed by atoms with E-state index in [1.54, 1.807) is 23.1 Å². The summed E-state index contributed by atoms with van der Waals surface area (Å²) in [6.45, 7) is 4.05. The van der Waals surface area contributed by atoms with Gasteiger partial charge in [-0.15, -0.1) is 5.10 Å². The number of rotatable bonds is 3. The lowest BCUT2D eigenvalue weighted by Gasteiger charge is -2.31. The molecule has 1 amide bonds. The molecule has 0 spiro atoms. The maximum absolute atomic E-state index is 13.2. The number of amides is 1. The van der Waals surface area contributed by atoms with Crippen LogP contribution >= 0.6 is 11.6 Å². The second-order valence-corrected chi connectivity index (χ2v) is 8.70. The van der Waals surface area contributed by atoms with Crippen molar-refractivity contribution < 1.29 is 14.3 Å². The van der Waals surface area contributed by atoms with Gasteiger partial charge in [-0.3, -0.25) is 9.59 Å². The Labute approximate surface area is 201 Å². The molecule has 0 N–H and O–H groups in total. The zero-order valence-corrected chi connectivity index (χ0v) is 19.6. The van der Waals surface area contributed by atoms with Crippen molar-refractivity contribution in [1.82, 2.24) is 24.6 Å². The number of nitrogens with zero attached hydrogens (tertiary/aromatic N) is 6. The average molecular weight is 479 g/mol. The Bertz CT molecular complexity index is 1280. The van der Waals surface area contributed by atoms with E-state index in [-0.39, 0.29) is 17.6 Å². The fraction of sp³-hybridized carbons (Fsp3) is 0.292. The molecule has 0 saturated carbocycles. The van der Waals surface area contributed by atoms with Crippen molar-refractivity contribution in [1.29, 1.82) is 0 Å². The summed E-state index contributed by atoms with van der Waals surface area (Å²) in [5, 5.41) is 5.07. The van der Waals surface area contributed by atoms with Crippen LogP contribution < -0.4 is 0 Å². The molecule has 5 rings (SSSR count). The molecule has 1 aromatic heterocycles. The van der Waals surface area contributed by atoms with Crippen LogP contribution in [0.4, 0.5) is 0 Å². The van der Waals surface area contributed by atoms with Crippen molar-refractivity contribution in [3.8, 4) is 5.69 Å². The Balaban J connectivity index is 1.65. The number of aliphatic imine (C=N–C) groups is 1. The minimum absolute atomic E-state index is 0.0379. The Kier molecular flexibility index (Phi) is 5.89. The predicted molar refractivity (Wildman–Crippen MR) is 126 cm³/mol. The van der Waals surface area contributed by atoms with E-state index in [1.165, 1.54) is 11.6 Å². The average Bonchev–Trinajstić information content (AvgIpc) is 3.23. The van der Waals surface area contributed by atoms with Gasteiger partial charge in [0, 0.05) is 49.3 Å². The second kappa shape index (κ2) is 9.00. The van der Waals surface area contributed by atoms with Crippen LogP contribution in [0.5, 0.6) is 0 Å². The molecule has 0 aliphatic carbocycles. The number of esters is 1. The number of hydrogen-bond acceptors (Lipinski definition) is 7. The fourth-order valence-electron chi connectivity index (χ4n) is 4.09. The first-order valence-corrected chi connectivity index (χ1v) is 11.3. The van der Waals surface area contributed by atoms with Crippen molar-refractivity contribution in [2.45, 2.75) is 13.2 Å². The number of fused-ring (bicyclic) bond motifs is 3. The SMILES string of the molecule is CC(=O)OC1N=C(c2ccccc2)c2cc(Cl)ccc2-n2nc(C(=O)N3CCN(C)CC3)nc21. The molecule has 34 heavy (non-hydrogen) atoms. The number of halogens is 1. The number of carbonyl (C=O) groups excluding carboxylic acids is 2. The minimum atomic E-state index is -1.08. The zero-order chi connectivity index (χ0) is 23.8. The van der Waals surface area contributed by atoms with E-state index in [4.69, 9.17) is 21.3 Å². The van der Waals surface area contributed by atoms with Crippen LogP contribution in [0.25, 0.3) is 5.69 Å². The first kappa shape index (κ1) is 22.2. The summed E-state index contributed by atoms with van der Waals surface area (Å²) in [6, 6.07) is 14.9. The van der Waals surface area contributed by atoms with Gasteiger partial charge in [0.05, 0.1) is 11.4 Å². The van der Waals surface area contributed by atoms with Crippen LogP contribution in [0, 0.1) is 0 Å². The molecule has 10 heteroatoms. The van der Waals surface area contributed by atoms with Crippen molar-refractivity contribution in [3.05, 3.63) is 76.3 Å². The lowest BCUT2D eigenvalue weighted by atomic mass is 10.0. The molecule has 2 aliphatic rings. The maximum atomic E-state index is 13.2. The monoisotopic (exact) mass is 478 g/mol. The Hall–Kier alpha value is -3.56. The molecule has 1 saturated heterocycles. The van der Waals surface area contributed by atoms with Crippen molar-refractivity contribution in [2.75, 3.05) is 33.2 Å². The summed E-state index contributed by atoms with van der Waals surface area (Å²) in [6.07, 6.45) is -1.08. The van der Waals surface area contributed by atoms with Gasteiger partial charge in [0.2, 0.25) is 5.82 Å². The van der Waals surface area contributed by atoms with Gasteiger partial charge in [-0.05, 0) is 25.2 Å². The van der Waals surface area contributed by atoms with E-state index < -0.39 is 12.2 Å². The molecule has 1 atom stereocenters. The number of likely N-dealkylation sites (N-methyl/N-ethyl adjacent to an activating group) is 1. The summed E-state index contributed by atoms with van der Waals surface area (Å²) in [7, 11) is 2.02. The standard InChI is InChI=1S/C24H23ClN6O3/c1-15(32)34-23-22-27-21(24(33)30-12-10-29(2)11-13-30)28-31(22)19-9-8-17(25)14-18(19)20(26-23)16-6-4-3-5-7-16/h3-9,14,23H,10-13H2,1-2H3. The second-order valence-electron chi connectivity index (χ2n) is 8.27. The van der Waals surface area contributed by atoms with Crippen LogP contribution in [0.15, 0.2) is 53.5 Å². The van der Waals surface area contributed by atoms with Crippen LogP contribution in [0.1, 0.15) is 40.7 Å². The third kappa shape index (κ3) is 4.20. The molecular formula is C24H23ClN6O3. The highest BCUT2D eigenvalue weighted by molar-refractivity contribution is 6.31. The summed E-state index contributed by atoms with van der Waals surface area (Å²) in [5.41, 5.74) is 2.74. The summed E-state index contributed by atoms with van der Waals surface area (Å²) in [5.74, 6) is -0.497. The maximum Gasteiger partial charge on any atom is 0.304 e. The minimum Gasteiger partial charge on any atom is -0.432 e. The van der Waals surface area contributed by atoms with Crippen LogP contribution in [0.3, 0.4) is 0 Å². The van der Waals surface area contributed by atoms with Crippen LogP contribution in [-0.4, -0.2) is 75.4 Å². The van der Waals surface area contributed by atoms with Gasteiger partial charge in [-0.1, -0.05) is 41.9 Å². The highest BCUT2D eigenvalue weighted by atomic mass is 35.5. The molecule has 2 aromatic carbocycles. The molecule has 2 aliphatic heterocycles. The number of hydrogen-bond donors (Lipinski definition) is 0. The van der Waals surface area contributed by atoms with E-state index in [1.807, 2.05) is 37.4 Å². The lowest BCUT2D eigenvalue weighted by Crippen LogP contribution is -2.47. The van der Waals surface area contributed by atoms with Crippen molar-refractivity contribution in [3.63, 3.8) is 0 Å². The number of benzene rings is 2. The number of carbonyl (C=O) groups is 2.